The molecule has 0 fully saturated rings. The lowest BCUT2D eigenvalue weighted by atomic mass is 10.0. The van der Waals surface area contributed by atoms with Gasteiger partial charge >= 0.3 is 12.1 Å². The van der Waals surface area contributed by atoms with Crippen LogP contribution in [0.1, 0.15) is 33.6 Å². The van der Waals surface area contributed by atoms with Gasteiger partial charge in [-0.1, -0.05) is 44.2 Å². The van der Waals surface area contributed by atoms with E-state index in [1.807, 2.05) is 55.7 Å². The zero-order valence-corrected chi connectivity index (χ0v) is 22.9. The Morgan fingerprint density at radius 1 is 1.17 bits per heavy atom. The van der Waals surface area contributed by atoms with E-state index in [0.717, 1.165) is 5.56 Å². The number of hydrogen-bond donors (Lipinski definition) is 2. The van der Waals surface area contributed by atoms with E-state index in [2.05, 4.69) is 25.4 Å². The molecule has 0 aliphatic heterocycles. The Bertz CT molecular complexity index is 1450. The first-order chi connectivity index (χ1) is 19.6. The van der Waals surface area contributed by atoms with Gasteiger partial charge in [-0.3, -0.25) is 0 Å². The molecule has 11 nitrogen and oxygen atoms in total. The molecule has 0 radical (unpaired) electrons. The number of benzene rings is 1. The van der Waals surface area contributed by atoms with Crippen LogP contribution in [0.25, 0.3) is 33.8 Å². The minimum Gasteiger partial charge on any atom is -0.490 e. The zero-order chi connectivity index (χ0) is 29.6. The number of carbonyl (C=O) groups is 1. The first kappa shape index (κ1) is 29.8. The van der Waals surface area contributed by atoms with Crippen molar-refractivity contribution in [3.05, 3.63) is 36.5 Å². The summed E-state index contributed by atoms with van der Waals surface area (Å²) in [5.74, 6) is -0.944. The summed E-state index contributed by atoms with van der Waals surface area (Å²) in [4.78, 5) is 20.6. The zero-order valence-electron chi connectivity index (χ0n) is 22.9. The summed E-state index contributed by atoms with van der Waals surface area (Å²) in [6.07, 6.45) is -2.32. The Morgan fingerprint density at radius 2 is 1.93 bits per heavy atom. The molecule has 0 saturated heterocycles. The number of alkyl halides is 3. The minimum atomic E-state index is -5.02. The standard InChI is InChI=1S/C27H32F3N7O4/c1-4-37-23-19(39-12-8-11-32-18(13-16(2)3)15-40-26(38)27(28,29)30)14-33-20(17-9-6-5-7-10-17)21(23)34-25(37)22-24(31)36-41-35-22/h5-7,9-10,14,16,18,32H,4,8,11-13,15H2,1-3H3,(H2,31,36)/t18-/m0/s1. The largest absolute Gasteiger partial charge is 0.490 e. The van der Waals surface area contributed by atoms with Crippen molar-refractivity contribution in [3.8, 4) is 28.5 Å². The lowest BCUT2D eigenvalue weighted by Crippen LogP contribution is -2.38. The summed E-state index contributed by atoms with van der Waals surface area (Å²) in [6, 6.07) is 9.18. The number of rotatable bonds is 13. The summed E-state index contributed by atoms with van der Waals surface area (Å²) in [7, 11) is 0. The second-order valence-corrected chi connectivity index (χ2v) is 9.79. The lowest BCUT2D eigenvalue weighted by Gasteiger charge is -2.21. The topological polar surface area (TPSA) is 143 Å². The summed E-state index contributed by atoms with van der Waals surface area (Å²) in [5.41, 5.74) is 9.09. The quantitative estimate of drug-likeness (QED) is 0.171. The molecule has 1 aromatic carbocycles. The maximum absolute atomic E-state index is 12.5. The van der Waals surface area contributed by atoms with E-state index >= 15 is 0 Å². The van der Waals surface area contributed by atoms with Crippen molar-refractivity contribution >= 4 is 22.8 Å². The number of nitrogen functional groups attached to an aromatic ring is 1. The van der Waals surface area contributed by atoms with Gasteiger partial charge in [0, 0.05) is 18.2 Å². The molecular weight excluding hydrogens is 543 g/mol. The SMILES string of the molecule is CCn1c(-c2nonc2N)nc2c(-c3ccccc3)ncc(OCCCN[C@H](COC(=O)C(F)(F)F)CC(C)C)c21. The molecule has 0 amide bonds. The summed E-state index contributed by atoms with van der Waals surface area (Å²) in [5, 5.41) is 10.8. The highest BCUT2D eigenvalue weighted by Crippen LogP contribution is 2.36. The predicted molar refractivity (Wildman–Crippen MR) is 145 cm³/mol. The summed E-state index contributed by atoms with van der Waals surface area (Å²) < 4.78 is 54.9. The Hall–Kier alpha value is -4.20. The average molecular weight is 576 g/mol. The number of ether oxygens (including phenoxy) is 2. The van der Waals surface area contributed by atoms with Crippen molar-refractivity contribution in [2.24, 2.45) is 5.92 Å². The number of fused-ring (bicyclic) bond motifs is 1. The van der Waals surface area contributed by atoms with E-state index < -0.39 is 18.2 Å². The lowest BCUT2D eigenvalue weighted by molar-refractivity contribution is -0.200. The van der Waals surface area contributed by atoms with Crippen LogP contribution in [0.3, 0.4) is 0 Å². The molecule has 41 heavy (non-hydrogen) atoms. The van der Waals surface area contributed by atoms with Crippen LogP contribution in [0.2, 0.25) is 0 Å². The van der Waals surface area contributed by atoms with Gasteiger partial charge < -0.3 is 25.1 Å². The molecule has 0 unspecified atom stereocenters. The second-order valence-electron chi connectivity index (χ2n) is 9.79. The molecule has 0 aliphatic rings. The van der Waals surface area contributed by atoms with Crippen molar-refractivity contribution in [1.82, 2.24) is 30.2 Å². The number of esters is 1. The van der Waals surface area contributed by atoms with Gasteiger partial charge in [-0.25, -0.2) is 19.4 Å². The van der Waals surface area contributed by atoms with Crippen LogP contribution in [0.4, 0.5) is 19.0 Å². The Labute approximate surface area is 234 Å². The first-order valence-electron chi connectivity index (χ1n) is 13.2. The molecule has 3 aromatic heterocycles. The van der Waals surface area contributed by atoms with Crippen molar-refractivity contribution in [2.75, 3.05) is 25.5 Å². The molecule has 4 aromatic rings. The number of nitrogens with two attached hydrogens (primary N) is 1. The van der Waals surface area contributed by atoms with Gasteiger partial charge in [-0.2, -0.15) is 13.2 Å². The number of aromatic nitrogens is 5. The van der Waals surface area contributed by atoms with Crippen LogP contribution < -0.4 is 15.8 Å². The number of aryl methyl sites for hydroxylation is 1. The first-order valence-corrected chi connectivity index (χ1v) is 13.2. The summed E-state index contributed by atoms with van der Waals surface area (Å²) in [6.45, 7) is 6.68. The smallest absolute Gasteiger partial charge is 0.490 e. The van der Waals surface area contributed by atoms with Crippen LogP contribution in [0.15, 0.2) is 41.2 Å². The molecule has 1 atom stereocenters. The third-order valence-corrected chi connectivity index (χ3v) is 6.24. The van der Waals surface area contributed by atoms with Gasteiger partial charge in [0.2, 0.25) is 0 Å². The fraction of sp³-hybridized carbons (Fsp3) is 0.444. The Balaban J connectivity index is 1.51. The number of nitrogens with zero attached hydrogens (tertiary/aromatic N) is 5. The van der Waals surface area contributed by atoms with Crippen LogP contribution in [0.5, 0.6) is 5.75 Å². The third-order valence-electron chi connectivity index (χ3n) is 6.24. The van der Waals surface area contributed by atoms with Gasteiger partial charge in [-0.15, -0.1) is 0 Å². The number of imidazole rings is 1. The highest BCUT2D eigenvalue weighted by Gasteiger charge is 2.41. The molecule has 0 aliphatic carbocycles. The van der Waals surface area contributed by atoms with Crippen molar-refractivity contribution in [1.29, 1.82) is 0 Å². The van der Waals surface area contributed by atoms with E-state index in [9.17, 15) is 18.0 Å². The van der Waals surface area contributed by atoms with E-state index in [-0.39, 0.29) is 24.9 Å². The number of hydrogen-bond acceptors (Lipinski definition) is 10. The van der Waals surface area contributed by atoms with Gasteiger partial charge in [0.05, 0.1) is 18.5 Å². The Morgan fingerprint density at radius 3 is 2.56 bits per heavy atom. The van der Waals surface area contributed by atoms with Crippen molar-refractivity contribution < 1.29 is 32.1 Å². The molecule has 0 saturated carbocycles. The molecule has 0 bridgehead atoms. The van der Waals surface area contributed by atoms with Gasteiger partial charge in [0.1, 0.15) is 17.6 Å². The third kappa shape index (κ3) is 7.12. The maximum Gasteiger partial charge on any atom is 0.490 e. The summed E-state index contributed by atoms with van der Waals surface area (Å²) >= 11 is 0. The monoisotopic (exact) mass is 575 g/mol. The van der Waals surface area contributed by atoms with Gasteiger partial charge in [-0.05, 0) is 42.5 Å². The highest BCUT2D eigenvalue weighted by molar-refractivity contribution is 5.95. The molecule has 220 valence electrons. The molecule has 14 heteroatoms. The highest BCUT2D eigenvalue weighted by atomic mass is 19.4. The molecule has 3 N–H and O–H groups in total. The van der Waals surface area contributed by atoms with E-state index in [0.29, 0.717) is 59.9 Å². The van der Waals surface area contributed by atoms with E-state index in [4.69, 9.17) is 20.1 Å². The number of pyridine rings is 1. The number of halogens is 3. The number of nitrogens with one attached hydrogen (secondary N) is 1. The second kappa shape index (κ2) is 13.0. The fourth-order valence-electron chi connectivity index (χ4n) is 4.46. The van der Waals surface area contributed by atoms with Gasteiger partial charge in [0.25, 0.3) is 0 Å². The van der Waals surface area contributed by atoms with E-state index in [1.165, 1.54) is 0 Å². The van der Waals surface area contributed by atoms with Crippen LogP contribution in [-0.2, 0) is 16.1 Å². The molecule has 3 heterocycles. The van der Waals surface area contributed by atoms with Crippen LogP contribution in [0, 0.1) is 5.92 Å². The van der Waals surface area contributed by atoms with Crippen LogP contribution >= 0.6 is 0 Å². The number of anilines is 1. The predicted octanol–water partition coefficient (Wildman–Crippen LogP) is 4.63. The van der Waals surface area contributed by atoms with Crippen molar-refractivity contribution in [2.45, 2.75) is 52.4 Å². The molecule has 4 rings (SSSR count). The van der Waals surface area contributed by atoms with Crippen LogP contribution in [-0.4, -0.2) is 62.8 Å². The average Bonchev–Trinajstić information content (AvgIpc) is 3.53. The minimum absolute atomic E-state index is 0.106. The molecule has 0 spiro atoms. The maximum atomic E-state index is 12.5. The van der Waals surface area contributed by atoms with Gasteiger partial charge in [0.15, 0.2) is 23.1 Å². The Kier molecular flexibility index (Phi) is 9.42. The van der Waals surface area contributed by atoms with E-state index in [1.54, 1.807) is 6.20 Å². The van der Waals surface area contributed by atoms with Crippen molar-refractivity contribution in [3.63, 3.8) is 0 Å². The fourth-order valence-corrected chi connectivity index (χ4v) is 4.46. The normalized spacial score (nSPS) is 12.7. The number of carbonyl (C=O) groups excluding carboxylic acids is 1. The molecular formula is C27H32F3N7O4.